The average Bonchev–Trinajstić information content (AvgIpc) is 3.24. The molecule has 4 rings (SSSR count). The number of carbonyl (C=O) groups is 1. The molecule has 0 aliphatic carbocycles. The molecule has 174 valence electrons. The third-order valence-corrected chi connectivity index (χ3v) is 8.35. The number of rotatable bonds is 5. The molecule has 3 heterocycles. The van der Waals surface area contributed by atoms with Crippen LogP contribution in [-0.2, 0) is 28.4 Å². The number of aryl methyl sites for hydroxylation is 1. The Labute approximate surface area is 192 Å². The summed E-state index contributed by atoms with van der Waals surface area (Å²) in [6.45, 7) is 3.25. The van der Waals surface area contributed by atoms with Crippen LogP contribution in [0.4, 0.5) is 4.39 Å². The maximum absolute atomic E-state index is 14.1. The fourth-order valence-electron chi connectivity index (χ4n) is 4.33. The Bertz CT molecular complexity index is 1060. The first kappa shape index (κ1) is 23.2. The van der Waals surface area contributed by atoms with Crippen LogP contribution in [0.25, 0.3) is 0 Å². The molecule has 0 saturated carbocycles. The predicted molar refractivity (Wildman–Crippen MR) is 118 cm³/mol. The van der Waals surface area contributed by atoms with Crippen molar-refractivity contribution in [3.05, 3.63) is 47.0 Å². The van der Waals surface area contributed by atoms with Gasteiger partial charge in [0.05, 0.1) is 12.1 Å². The van der Waals surface area contributed by atoms with Crippen molar-refractivity contribution >= 4 is 27.5 Å². The first-order valence-electron chi connectivity index (χ1n) is 10.7. The van der Waals surface area contributed by atoms with E-state index in [-0.39, 0.29) is 29.1 Å². The number of benzene rings is 1. The van der Waals surface area contributed by atoms with Gasteiger partial charge in [-0.2, -0.15) is 9.40 Å². The largest absolute Gasteiger partial charge is 0.340 e. The minimum Gasteiger partial charge on any atom is -0.340 e. The monoisotopic (exact) mass is 483 g/mol. The number of halogens is 2. The van der Waals surface area contributed by atoms with Crippen LogP contribution in [0.15, 0.2) is 35.5 Å². The number of nitrogens with zero attached hydrogens (tertiary/aromatic N) is 5. The molecule has 2 fully saturated rings. The summed E-state index contributed by atoms with van der Waals surface area (Å²) in [7, 11) is -2.00. The molecule has 32 heavy (non-hydrogen) atoms. The molecular formula is C21H27ClFN5O3S. The molecule has 1 amide bonds. The summed E-state index contributed by atoms with van der Waals surface area (Å²) < 4.78 is 42.8. The summed E-state index contributed by atoms with van der Waals surface area (Å²) in [5, 5.41) is 4.36. The van der Waals surface area contributed by atoms with Gasteiger partial charge in [0.15, 0.2) is 0 Å². The van der Waals surface area contributed by atoms with Crippen LogP contribution in [0.5, 0.6) is 0 Å². The van der Waals surface area contributed by atoms with Gasteiger partial charge in [-0.15, -0.1) is 0 Å². The van der Waals surface area contributed by atoms with Crippen molar-refractivity contribution in [3.63, 3.8) is 0 Å². The highest BCUT2D eigenvalue weighted by Gasteiger charge is 2.36. The lowest BCUT2D eigenvalue weighted by atomic mass is 9.97. The highest BCUT2D eigenvalue weighted by Crippen LogP contribution is 2.26. The van der Waals surface area contributed by atoms with E-state index in [1.165, 1.54) is 27.4 Å². The number of aromatic nitrogens is 2. The first-order chi connectivity index (χ1) is 15.3. The second-order valence-corrected chi connectivity index (χ2v) is 10.7. The van der Waals surface area contributed by atoms with Crippen LogP contribution in [0.3, 0.4) is 0 Å². The molecule has 0 spiro atoms. The number of piperidine rings is 1. The van der Waals surface area contributed by atoms with E-state index in [4.69, 9.17) is 11.6 Å². The molecule has 1 aromatic carbocycles. The zero-order valence-electron chi connectivity index (χ0n) is 18.0. The highest BCUT2D eigenvalue weighted by molar-refractivity contribution is 7.89. The first-order valence-corrected chi connectivity index (χ1v) is 12.5. The van der Waals surface area contributed by atoms with Crippen LogP contribution in [0, 0.1) is 11.7 Å². The summed E-state index contributed by atoms with van der Waals surface area (Å²) in [6.07, 6.45) is 4.12. The SMILES string of the molecule is Cn1cc(S(=O)(=O)N2CCC[C@H](C(=O)N3CCN(Cc4c(F)cccc4Cl)CC3)C2)cn1. The van der Waals surface area contributed by atoms with Crippen LogP contribution in [0.2, 0.25) is 5.02 Å². The second-order valence-electron chi connectivity index (χ2n) is 8.35. The standard InChI is InChI=1S/C21H27ClFN5O3S/c1-25-14-17(12-24-25)32(30,31)28-7-3-4-16(13-28)21(29)27-10-8-26(9-11-27)15-18-19(22)5-2-6-20(18)23/h2,5-6,12,14,16H,3-4,7-11,13,15H2,1H3/t16-/m0/s1. The number of hydrogen-bond acceptors (Lipinski definition) is 5. The Morgan fingerprint density at radius 3 is 2.62 bits per heavy atom. The summed E-state index contributed by atoms with van der Waals surface area (Å²) in [5.41, 5.74) is 0.470. The molecule has 11 heteroatoms. The third kappa shape index (κ3) is 4.83. The van der Waals surface area contributed by atoms with Crippen molar-refractivity contribution in [2.75, 3.05) is 39.3 Å². The fourth-order valence-corrected chi connectivity index (χ4v) is 6.07. The van der Waals surface area contributed by atoms with Crippen LogP contribution in [0.1, 0.15) is 18.4 Å². The van der Waals surface area contributed by atoms with Gasteiger partial charge in [0.1, 0.15) is 10.7 Å². The Kier molecular flexibility index (Phi) is 6.85. The van der Waals surface area contributed by atoms with Gasteiger partial charge < -0.3 is 4.90 Å². The quantitative estimate of drug-likeness (QED) is 0.649. The van der Waals surface area contributed by atoms with Gasteiger partial charge in [0.2, 0.25) is 15.9 Å². The van der Waals surface area contributed by atoms with Crippen molar-refractivity contribution in [2.45, 2.75) is 24.3 Å². The number of carbonyl (C=O) groups excluding carboxylic acids is 1. The smallest absolute Gasteiger partial charge is 0.246 e. The Balaban J connectivity index is 1.35. The van der Waals surface area contributed by atoms with Gasteiger partial charge in [-0.25, -0.2) is 12.8 Å². The molecule has 0 bridgehead atoms. The number of amides is 1. The average molecular weight is 484 g/mol. The highest BCUT2D eigenvalue weighted by atomic mass is 35.5. The van der Waals surface area contributed by atoms with E-state index in [9.17, 15) is 17.6 Å². The van der Waals surface area contributed by atoms with Gasteiger partial charge in [0, 0.05) is 69.6 Å². The maximum Gasteiger partial charge on any atom is 0.246 e. The molecule has 1 aromatic heterocycles. The molecule has 2 aliphatic rings. The minimum atomic E-state index is -3.67. The Morgan fingerprint density at radius 2 is 1.97 bits per heavy atom. The molecule has 0 radical (unpaired) electrons. The van der Waals surface area contributed by atoms with Crippen molar-refractivity contribution in [3.8, 4) is 0 Å². The maximum atomic E-state index is 14.1. The Hall–Kier alpha value is -2.01. The van der Waals surface area contributed by atoms with Crippen LogP contribution >= 0.6 is 11.6 Å². The molecule has 0 N–H and O–H groups in total. The number of hydrogen-bond donors (Lipinski definition) is 0. The molecule has 0 unspecified atom stereocenters. The topological polar surface area (TPSA) is 78.8 Å². The summed E-state index contributed by atoms with van der Waals surface area (Å²) in [6, 6.07) is 4.66. The third-order valence-electron chi connectivity index (χ3n) is 6.18. The van der Waals surface area contributed by atoms with Gasteiger partial charge in [-0.05, 0) is 25.0 Å². The molecule has 2 aliphatic heterocycles. The molecule has 8 nitrogen and oxygen atoms in total. The van der Waals surface area contributed by atoms with E-state index < -0.39 is 10.0 Å². The minimum absolute atomic E-state index is 0.0142. The van der Waals surface area contributed by atoms with Crippen molar-refractivity contribution in [2.24, 2.45) is 13.0 Å². The zero-order chi connectivity index (χ0) is 22.9. The lowest BCUT2D eigenvalue weighted by molar-refractivity contribution is -0.138. The van der Waals surface area contributed by atoms with Crippen LogP contribution in [-0.4, -0.2) is 77.5 Å². The van der Waals surface area contributed by atoms with E-state index in [1.54, 1.807) is 24.1 Å². The molecule has 2 aromatic rings. The second kappa shape index (κ2) is 9.46. The van der Waals surface area contributed by atoms with E-state index in [1.807, 2.05) is 0 Å². The number of piperazine rings is 1. The van der Waals surface area contributed by atoms with E-state index in [0.29, 0.717) is 62.7 Å². The van der Waals surface area contributed by atoms with Crippen LogP contribution < -0.4 is 0 Å². The Morgan fingerprint density at radius 1 is 1.22 bits per heavy atom. The van der Waals surface area contributed by atoms with E-state index in [0.717, 1.165) is 0 Å². The lowest BCUT2D eigenvalue weighted by Gasteiger charge is -2.38. The van der Waals surface area contributed by atoms with Gasteiger partial charge in [0.25, 0.3) is 0 Å². The summed E-state index contributed by atoms with van der Waals surface area (Å²) >= 11 is 6.14. The lowest BCUT2D eigenvalue weighted by Crippen LogP contribution is -2.52. The van der Waals surface area contributed by atoms with Crippen molar-refractivity contribution in [1.82, 2.24) is 23.9 Å². The van der Waals surface area contributed by atoms with Crippen molar-refractivity contribution < 1.29 is 17.6 Å². The van der Waals surface area contributed by atoms with Crippen molar-refractivity contribution in [1.29, 1.82) is 0 Å². The summed E-state index contributed by atoms with van der Waals surface area (Å²) in [5.74, 6) is -0.699. The van der Waals surface area contributed by atoms with Gasteiger partial charge in [-0.1, -0.05) is 17.7 Å². The van der Waals surface area contributed by atoms with Gasteiger partial charge >= 0.3 is 0 Å². The van der Waals surface area contributed by atoms with Gasteiger partial charge in [-0.3, -0.25) is 14.4 Å². The van der Waals surface area contributed by atoms with E-state index >= 15 is 0 Å². The predicted octanol–water partition coefficient (Wildman–Crippen LogP) is 1.96. The molecule has 2 saturated heterocycles. The fraction of sp³-hybridized carbons (Fsp3) is 0.524. The zero-order valence-corrected chi connectivity index (χ0v) is 19.5. The van der Waals surface area contributed by atoms with E-state index in [2.05, 4.69) is 10.00 Å². The molecular weight excluding hydrogens is 457 g/mol. The number of sulfonamides is 1. The molecule has 1 atom stereocenters. The summed E-state index contributed by atoms with van der Waals surface area (Å²) in [4.78, 5) is 17.1. The normalized spacial score (nSPS) is 21.1.